The van der Waals surface area contributed by atoms with Crippen LogP contribution < -0.4 is 0 Å². The molecule has 4 nitrogen and oxygen atoms in total. The van der Waals surface area contributed by atoms with E-state index in [9.17, 15) is 4.79 Å². The molecule has 0 aliphatic rings. The number of rotatable bonds is 6. The average Bonchev–Trinajstić information content (AvgIpc) is 2.38. The van der Waals surface area contributed by atoms with Gasteiger partial charge in [0.05, 0.1) is 29.7 Å². The van der Waals surface area contributed by atoms with Gasteiger partial charge in [0.2, 0.25) is 0 Å². The van der Waals surface area contributed by atoms with Gasteiger partial charge >= 0.3 is 0 Å². The maximum atomic E-state index is 12.4. The number of benzene rings is 1. The molecule has 0 spiro atoms. The highest BCUT2D eigenvalue weighted by molar-refractivity contribution is 6.33. The van der Waals surface area contributed by atoms with Crippen LogP contribution in [0.15, 0.2) is 18.2 Å². The van der Waals surface area contributed by atoms with Crippen LogP contribution >= 0.6 is 11.6 Å². The van der Waals surface area contributed by atoms with Crippen LogP contribution in [0.25, 0.3) is 0 Å². The summed E-state index contributed by atoms with van der Waals surface area (Å²) in [6.07, 6.45) is 0.291. The molecule has 0 aromatic heterocycles. The van der Waals surface area contributed by atoms with Gasteiger partial charge in [0, 0.05) is 20.2 Å². The lowest BCUT2D eigenvalue weighted by Gasteiger charge is -2.21. The third kappa shape index (κ3) is 4.55. The second kappa shape index (κ2) is 7.78. The number of methoxy groups -OCH3 is 1. The first-order chi connectivity index (χ1) is 9.10. The Kier molecular flexibility index (Phi) is 6.34. The van der Waals surface area contributed by atoms with Crippen LogP contribution in [0.4, 0.5) is 0 Å². The Balaban J connectivity index is 2.88. The average molecular weight is 281 g/mol. The van der Waals surface area contributed by atoms with Crippen molar-refractivity contribution in [3.8, 4) is 6.07 Å². The van der Waals surface area contributed by atoms with Gasteiger partial charge in [0.15, 0.2) is 0 Å². The smallest absolute Gasteiger partial charge is 0.255 e. The van der Waals surface area contributed by atoms with Gasteiger partial charge in [-0.05, 0) is 24.6 Å². The molecular weight excluding hydrogens is 264 g/mol. The van der Waals surface area contributed by atoms with Gasteiger partial charge in [0.1, 0.15) is 0 Å². The number of ether oxygens (including phenoxy) is 1. The van der Waals surface area contributed by atoms with Crippen LogP contribution in [0.5, 0.6) is 0 Å². The van der Waals surface area contributed by atoms with E-state index in [-0.39, 0.29) is 5.91 Å². The van der Waals surface area contributed by atoms with Gasteiger partial charge in [-0.2, -0.15) is 5.26 Å². The van der Waals surface area contributed by atoms with Gasteiger partial charge in [-0.3, -0.25) is 4.79 Å². The summed E-state index contributed by atoms with van der Waals surface area (Å²) in [6, 6.07) is 7.35. The molecule has 0 radical (unpaired) electrons. The van der Waals surface area contributed by atoms with Crippen LogP contribution in [0, 0.1) is 18.3 Å². The van der Waals surface area contributed by atoms with E-state index in [4.69, 9.17) is 21.6 Å². The highest BCUT2D eigenvalue weighted by Gasteiger charge is 2.17. The second-order valence-electron chi connectivity index (χ2n) is 4.18. The highest BCUT2D eigenvalue weighted by Crippen LogP contribution is 2.19. The van der Waals surface area contributed by atoms with Crippen molar-refractivity contribution in [1.82, 2.24) is 4.90 Å². The first kappa shape index (κ1) is 15.5. The maximum Gasteiger partial charge on any atom is 0.255 e. The molecule has 19 heavy (non-hydrogen) atoms. The number of halogens is 1. The topological polar surface area (TPSA) is 53.3 Å². The lowest BCUT2D eigenvalue weighted by atomic mass is 10.1. The highest BCUT2D eigenvalue weighted by atomic mass is 35.5. The van der Waals surface area contributed by atoms with E-state index in [1.54, 1.807) is 24.1 Å². The molecule has 0 atom stereocenters. The number of hydrogen-bond donors (Lipinski definition) is 0. The molecule has 0 N–H and O–H groups in total. The molecule has 1 aromatic carbocycles. The number of nitriles is 1. The van der Waals surface area contributed by atoms with E-state index >= 15 is 0 Å². The summed E-state index contributed by atoms with van der Waals surface area (Å²) >= 11 is 6.09. The molecule has 0 unspecified atom stereocenters. The zero-order valence-corrected chi connectivity index (χ0v) is 11.9. The number of carbonyl (C=O) groups excluding carboxylic acids is 1. The van der Waals surface area contributed by atoms with Crippen molar-refractivity contribution >= 4 is 17.5 Å². The summed E-state index contributed by atoms with van der Waals surface area (Å²) in [5.74, 6) is -0.169. The lowest BCUT2D eigenvalue weighted by Crippen LogP contribution is -2.34. The molecule has 0 fully saturated rings. The molecule has 5 heteroatoms. The third-order valence-corrected chi connectivity index (χ3v) is 3.01. The third-order valence-electron chi connectivity index (χ3n) is 2.70. The summed E-state index contributed by atoms with van der Waals surface area (Å²) in [5, 5.41) is 9.07. The monoisotopic (exact) mass is 280 g/mol. The fourth-order valence-electron chi connectivity index (χ4n) is 1.67. The molecule has 0 saturated heterocycles. The molecule has 0 aliphatic heterocycles. The van der Waals surface area contributed by atoms with Gasteiger partial charge in [-0.15, -0.1) is 0 Å². The number of amides is 1. The van der Waals surface area contributed by atoms with Gasteiger partial charge < -0.3 is 9.64 Å². The Morgan fingerprint density at radius 1 is 1.47 bits per heavy atom. The summed E-state index contributed by atoms with van der Waals surface area (Å²) in [6.45, 7) is 3.17. The molecule has 102 valence electrons. The van der Waals surface area contributed by atoms with Crippen LogP contribution in [-0.4, -0.2) is 37.6 Å². The fourth-order valence-corrected chi connectivity index (χ4v) is 1.98. The molecule has 1 aromatic rings. The number of hydrogen-bond acceptors (Lipinski definition) is 3. The van der Waals surface area contributed by atoms with Crippen molar-refractivity contribution in [2.75, 3.05) is 26.8 Å². The van der Waals surface area contributed by atoms with E-state index in [1.807, 2.05) is 19.1 Å². The number of nitrogens with zero attached hydrogens (tertiary/aromatic N) is 2. The Labute approximate surface area is 118 Å². The maximum absolute atomic E-state index is 12.4. The lowest BCUT2D eigenvalue weighted by molar-refractivity contribution is 0.0700. The Morgan fingerprint density at radius 2 is 2.21 bits per heavy atom. The van der Waals surface area contributed by atoms with Crippen molar-refractivity contribution in [3.05, 3.63) is 34.3 Å². The van der Waals surface area contributed by atoms with Crippen molar-refractivity contribution in [3.63, 3.8) is 0 Å². The minimum atomic E-state index is -0.169. The fraction of sp³-hybridized carbons (Fsp3) is 0.429. The predicted molar refractivity (Wildman–Crippen MR) is 74.2 cm³/mol. The Bertz CT molecular complexity index is 483. The Morgan fingerprint density at radius 3 is 2.79 bits per heavy atom. The summed E-state index contributed by atoms with van der Waals surface area (Å²) in [4.78, 5) is 14.0. The molecule has 1 rings (SSSR count). The minimum absolute atomic E-state index is 0.169. The van der Waals surface area contributed by atoms with E-state index in [2.05, 4.69) is 0 Å². The van der Waals surface area contributed by atoms with Crippen LogP contribution in [0.1, 0.15) is 22.3 Å². The van der Waals surface area contributed by atoms with Crippen LogP contribution in [0.3, 0.4) is 0 Å². The van der Waals surface area contributed by atoms with E-state index in [1.165, 1.54) is 0 Å². The van der Waals surface area contributed by atoms with E-state index < -0.39 is 0 Å². The van der Waals surface area contributed by atoms with Crippen molar-refractivity contribution in [2.45, 2.75) is 13.3 Å². The molecule has 0 saturated carbocycles. The van der Waals surface area contributed by atoms with Crippen molar-refractivity contribution < 1.29 is 9.53 Å². The van der Waals surface area contributed by atoms with Crippen LogP contribution in [-0.2, 0) is 4.74 Å². The van der Waals surface area contributed by atoms with Crippen LogP contribution in [0.2, 0.25) is 5.02 Å². The van der Waals surface area contributed by atoms with Crippen molar-refractivity contribution in [1.29, 1.82) is 5.26 Å². The largest absolute Gasteiger partial charge is 0.383 e. The SMILES string of the molecule is COCCN(CCC#N)C(=O)c1ccc(C)cc1Cl. The molecule has 0 bridgehead atoms. The quantitative estimate of drug-likeness (QED) is 0.805. The van der Waals surface area contributed by atoms with Gasteiger partial charge in [-0.1, -0.05) is 17.7 Å². The standard InChI is InChI=1S/C14H17ClN2O2/c1-11-4-5-12(13(15)10-11)14(18)17(7-3-6-16)8-9-19-2/h4-5,10H,3,7-9H2,1-2H3. The van der Waals surface area contributed by atoms with Gasteiger partial charge in [-0.25, -0.2) is 0 Å². The summed E-state index contributed by atoms with van der Waals surface area (Å²) < 4.78 is 4.98. The molecule has 0 aliphatic carbocycles. The van der Waals surface area contributed by atoms with E-state index in [0.717, 1.165) is 5.56 Å². The Hall–Kier alpha value is -1.57. The van der Waals surface area contributed by atoms with E-state index in [0.29, 0.717) is 36.7 Å². The first-order valence-corrected chi connectivity index (χ1v) is 6.39. The summed E-state index contributed by atoms with van der Waals surface area (Å²) in [5.41, 5.74) is 1.46. The minimum Gasteiger partial charge on any atom is -0.383 e. The molecule has 1 amide bonds. The number of carbonyl (C=O) groups is 1. The summed E-state index contributed by atoms with van der Waals surface area (Å²) in [7, 11) is 1.58. The normalized spacial score (nSPS) is 10.0. The first-order valence-electron chi connectivity index (χ1n) is 6.01. The molecule has 0 heterocycles. The zero-order chi connectivity index (χ0) is 14.3. The molecular formula is C14H17ClN2O2. The zero-order valence-electron chi connectivity index (χ0n) is 11.1. The van der Waals surface area contributed by atoms with Crippen molar-refractivity contribution in [2.24, 2.45) is 0 Å². The van der Waals surface area contributed by atoms with Gasteiger partial charge in [0.25, 0.3) is 5.91 Å². The number of aryl methyl sites for hydroxylation is 1. The predicted octanol–water partition coefficient (Wildman–Crippen LogP) is 2.65. The second-order valence-corrected chi connectivity index (χ2v) is 4.58.